The molecule has 5 nitrogen and oxygen atoms in total. The van der Waals surface area contributed by atoms with Gasteiger partial charge in [0.15, 0.2) is 11.4 Å². The lowest BCUT2D eigenvalue weighted by Gasteiger charge is -2.28. The van der Waals surface area contributed by atoms with Crippen LogP contribution in [0.4, 0.5) is 5.69 Å². The van der Waals surface area contributed by atoms with Crippen molar-refractivity contribution in [1.82, 2.24) is 9.13 Å². The van der Waals surface area contributed by atoms with Crippen LogP contribution in [0, 0.1) is 10.7 Å². The van der Waals surface area contributed by atoms with Gasteiger partial charge < -0.3 is 14.8 Å². The molecule has 2 aromatic rings. The van der Waals surface area contributed by atoms with Gasteiger partial charge in [0.2, 0.25) is 5.91 Å². The standard InChI is InChI=1S/C17H22N4OS/c1-19-11-12-21(17(19)23)13-20-9-7-14(8-10-20)16(22)18-15-5-3-2-4-6-15/h2-6,11-12,14H,7-10,13H2,1H3,(H,18,22)/p+1. The van der Waals surface area contributed by atoms with Crippen LogP contribution in [0.1, 0.15) is 12.8 Å². The average Bonchev–Trinajstić information content (AvgIpc) is 2.88. The maximum atomic E-state index is 12.3. The Bertz CT molecular complexity index is 714. The Morgan fingerprint density at radius 3 is 2.57 bits per heavy atom. The number of nitrogens with zero attached hydrogens (tertiary/aromatic N) is 2. The summed E-state index contributed by atoms with van der Waals surface area (Å²) in [5.74, 6) is 0.259. The number of hydrogen-bond donors (Lipinski definition) is 2. The number of carbonyl (C=O) groups is 1. The summed E-state index contributed by atoms with van der Waals surface area (Å²) >= 11 is 5.38. The normalized spacial score (nSPS) is 21.1. The molecule has 0 bridgehead atoms. The molecule has 122 valence electrons. The molecule has 1 aliphatic heterocycles. The van der Waals surface area contributed by atoms with Gasteiger partial charge in [-0.05, 0) is 24.4 Å². The summed E-state index contributed by atoms with van der Waals surface area (Å²) in [6.07, 6.45) is 5.87. The van der Waals surface area contributed by atoms with Gasteiger partial charge in [-0.15, -0.1) is 0 Å². The molecule has 0 atom stereocenters. The first-order valence-electron chi connectivity index (χ1n) is 8.05. The molecule has 1 aliphatic rings. The fourth-order valence-corrected chi connectivity index (χ4v) is 3.27. The van der Waals surface area contributed by atoms with Crippen molar-refractivity contribution < 1.29 is 9.69 Å². The second-order valence-electron chi connectivity index (χ2n) is 6.20. The van der Waals surface area contributed by atoms with E-state index in [9.17, 15) is 4.79 Å². The molecular weight excluding hydrogens is 308 g/mol. The number of carbonyl (C=O) groups excluding carboxylic acids is 1. The first-order valence-corrected chi connectivity index (χ1v) is 8.45. The first kappa shape index (κ1) is 16.0. The van der Waals surface area contributed by atoms with Crippen molar-refractivity contribution in [2.24, 2.45) is 13.0 Å². The van der Waals surface area contributed by atoms with Gasteiger partial charge in [0.25, 0.3) is 0 Å². The highest BCUT2D eigenvalue weighted by Gasteiger charge is 2.27. The third-order valence-corrected chi connectivity index (χ3v) is 5.04. The van der Waals surface area contributed by atoms with Crippen LogP contribution in [0.2, 0.25) is 0 Å². The lowest BCUT2D eigenvalue weighted by Crippen LogP contribution is -3.12. The molecule has 6 heteroatoms. The number of likely N-dealkylation sites (tertiary alicyclic amines) is 1. The van der Waals surface area contributed by atoms with Gasteiger partial charge in [-0.1, -0.05) is 18.2 Å². The number of nitrogens with one attached hydrogen (secondary N) is 2. The van der Waals surface area contributed by atoms with E-state index in [0.29, 0.717) is 0 Å². The van der Waals surface area contributed by atoms with Crippen LogP contribution < -0.4 is 10.2 Å². The zero-order valence-electron chi connectivity index (χ0n) is 13.4. The van der Waals surface area contributed by atoms with Crippen molar-refractivity contribution >= 4 is 23.8 Å². The maximum Gasteiger partial charge on any atom is 0.227 e. The number of amides is 1. The predicted octanol–water partition coefficient (Wildman–Crippen LogP) is 1.45. The summed E-state index contributed by atoms with van der Waals surface area (Å²) in [6.45, 7) is 2.89. The maximum absolute atomic E-state index is 12.3. The summed E-state index contributed by atoms with van der Waals surface area (Å²) in [5, 5.41) is 3.02. The number of para-hydroxylation sites is 1. The SMILES string of the molecule is Cn1ccn(C[NH+]2CCC(C(=O)Nc3ccccc3)CC2)c1=S. The van der Waals surface area contributed by atoms with Gasteiger partial charge in [0.05, 0.1) is 13.1 Å². The summed E-state index contributed by atoms with van der Waals surface area (Å²) in [7, 11) is 1.97. The summed E-state index contributed by atoms with van der Waals surface area (Å²) in [5.41, 5.74) is 0.878. The van der Waals surface area contributed by atoms with Crippen LogP contribution >= 0.6 is 12.2 Å². The van der Waals surface area contributed by atoms with E-state index in [1.165, 1.54) is 4.90 Å². The number of piperidine rings is 1. The molecule has 1 fully saturated rings. The van der Waals surface area contributed by atoms with E-state index in [2.05, 4.69) is 9.88 Å². The third kappa shape index (κ3) is 3.89. The fraction of sp³-hybridized carbons (Fsp3) is 0.412. The van der Waals surface area contributed by atoms with E-state index in [4.69, 9.17) is 12.2 Å². The van der Waals surface area contributed by atoms with Gasteiger partial charge in [-0.2, -0.15) is 0 Å². The van der Waals surface area contributed by atoms with E-state index in [0.717, 1.165) is 43.1 Å². The predicted molar refractivity (Wildman–Crippen MR) is 92.7 cm³/mol. The number of aryl methyl sites for hydroxylation is 1. The van der Waals surface area contributed by atoms with Crippen LogP contribution in [0.15, 0.2) is 42.7 Å². The second kappa shape index (κ2) is 7.10. The van der Waals surface area contributed by atoms with Gasteiger partial charge >= 0.3 is 0 Å². The molecule has 23 heavy (non-hydrogen) atoms. The van der Waals surface area contributed by atoms with Gasteiger partial charge in [0, 0.05) is 43.9 Å². The van der Waals surface area contributed by atoms with Crippen LogP contribution in [0.25, 0.3) is 0 Å². The molecular formula is C17H23N4OS+. The van der Waals surface area contributed by atoms with Crippen LogP contribution in [0.5, 0.6) is 0 Å². The zero-order chi connectivity index (χ0) is 16.2. The fourth-order valence-electron chi connectivity index (χ4n) is 3.08. The van der Waals surface area contributed by atoms with Gasteiger partial charge in [0.1, 0.15) is 0 Å². The molecule has 0 radical (unpaired) electrons. The van der Waals surface area contributed by atoms with Crippen molar-refractivity contribution in [2.45, 2.75) is 19.5 Å². The monoisotopic (exact) mass is 331 g/mol. The molecule has 1 aromatic heterocycles. The Morgan fingerprint density at radius 1 is 1.26 bits per heavy atom. The second-order valence-corrected chi connectivity index (χ2v) is 6.56. The number of hydrogen-bond acceptors (Lipinski definition) is 2. The highest BCUT2D eigenvalue weighted by atomic mass is 32.1. The highest BCUT2D eigenvalue weighted by Crippen LogP contribution is 2.14. The molecule has 2 heterocycles. The lowest BCUT2D eigenvalue weighted by molar-refractivity contribution is -0.928. The molecule has 3 rings (SSSR count). The number of rotatable bonds is 4. The van der Waals surface area contributed by atoms with E-state index in [1.54, 1.807) is 0 Å². The zero-order valence-corrected chi connectivity index (χ0v) is 14.2. The summed E-state index contributed by atoms with van der Waals surface area (Å²) in [6, 6.07) is 9.68. The number of anilines is 1. The first-order chi connectivity index (χ1) is 11.1. The molecule has 0 unspecified atom stereocenters. The van der Waals surface area contributed by atoms with Crippen molar-refractivity contribution in [3.05, 3.63) is 47.5 Å². The Morgan fingerprint density at radius 2 is 1.96 bits per heavy atom. The molecule has 1 amide bonds. The third-order valence-electron chi connectivity index (χ3n) is 4.52. The van der Waals surface area contributed by atoms with Crippen molar-refractivity contribution in [1.29, 1.82) is 0 Å². The van der Waals surface area contributed by atoms with Crippen LogP contribution in [0.3, 0.4) is 0 Å². The van der Waals surface area contributed by atoms with Crippen LogP contribution in [-0.2, 0) is 18.5 Å². The van der Waals surface area contributed by atoms with E-state index in [-0.39, 0.29) is 11.8 Å². The summed E-state index contributed by atoms with van der Waals surface area (Å²) in [4.78, 5) is 13.8. The lowest BCUT2D eigenvalue weighted by atomic mass is 9.96. The number of imidazole rings is 1. The summed E-state index contributed by atoms with van der Waals surface area (Å²) < 4.78 is 4.91. The van der Waals surface area contributed by atoms with E-state index < -0.39 is 0 Å². The smallest absolute Gasteiger partial charge is 0.227 e. The number of quaternary nitrogens is 1. The Hall–Kier alpha value is -1.92. The van der Waals surface area contributed by atoms with Crippen molar-refractivity contribution in [2.75, 3.05) is 18.4 Å². The number of aromatic nitrogens is 2. The Balaban J connectivity index is 1.51. The van der Waals surface area contributed by atoms with Crippen LogP contribution in [-0.4, -0.2) is 28.1 Å². The minimum atomic E-state index is 0.114. The minimum Gasteiger partial charge on any atom is -0.327 e. The van der Waals surface area contributed by atoms with Crippen molar-refractivity contribution in [3.63, 3.8) is 0 Å². The molecule has 0 aliphatic carbocycles. The van der Waals surface area contributed by atoms with E-state index >= 15 is 0 Å². The van der Waals surface area contributed by atoms with Gasteiger partial charge in [-0.25, -0.2) is 0 Å². The topological polar surface area (TPSA) is 43.4 Å². The quantitative estimate of drug-likeness (QED) is 0.833. The Labute approximate surface area is 141 Å². The molecule has 2 N–H and O–H groups in total. The van der Waals surface area contributed by atoms with Gasteiger partial charge in [-0.3, -0.25) is 9.36 Å². The van der Waals surface area contributed by atoms with E-state index in [1.807, 2.05) is 54.3 Å². The molecule has 1 saturated heterocycles. The average molecular weight is 331 g/mol. The van der Waals surface area contributed by atoms with Crippen molar-refractivity contribution in [3.8, 4) is 0 Å². The number of benzene rings is 1. The molecule has 0 saturated carbocycles. The molecule has 1 aromatic carbocycles. The minimum absolute atomic E-state index is 0.114. The Kier molecular flexibility index (Phi) is 4.93. The molecule has 0 spiro atoms. The highest BCUT2D eigenvalue weighted by molar-refractivity contribution is 7.71. The largest absolute Gasteiger partial charge is 0.327 e.